The quantitative estimate of drug-likeness (QED) is 0.879. The average Bonchev–Trinajstić information content (AvgIpc) is 2.90. The van der Waals surface area contributed by atoms with E-state index in [0.717, 1.165) is 11.6 Å². The smallest absolute Gasteiger partial charge is 0.231 e. The molecule has 1 heterocycles. The van der Waals surface area contributed by atoms with Gasteiger partial charge in [0.1, 0.15) is 0 Å². The second-order valence-electron chi connectivity index (χ2n) is 4.45. The molecule has 0 amide bonds. The molecule has 4 nitrogen and oxygen atoms in total. The van der Waals surface area contributed by atoms with Crippen molar-refractivity contribution >= 4 is 11.8 Å². The van der Waals surface area contributed by atoms with Gasteiger partial charge in [-0.15, -0.1) is 0 Å². The highest BCUT2D eigenvalue weighted by Crippen LogP contribution is 2.29. The Labute approximate surface area is 118 Å². The maximum atomic E-state index is 5.37. The van der Waals surface area contributed by atoms with Gasteiger partial charge in [-0.05, 0) is 18.9 Å². The van der Waals surface area contributed by atoms with Crippen molar-refractivity contribution in [1.82, 2.24) is 15.5 Å². The number of rotatable bonds is 6. The monoisotopic (exact) mass is 277 g/mol. The Morgan fingerprint density at radius 3 is 2.68 bits per heavy atom. The van der Waals surface area contributed by atoms with Crippen LogP contribution in [-0.2, 0) is 5.75 Å². The maximum Gasteiger partial charge on any atom is 0.231 e. The molecule has 0 saturated carbocycles. The molecule has 2 rings (SSSR count). The van der Waals surface area contributed by atoms with Gasteiger partial charge in [0.05, 0.1) is 11.7 Å². The van der Waals surface area contributed by atoms with Gasteiger partial charge < -0.3 is 9.84 Å². The standard InChI is InChI=1S/C14H19N3OS/c1-10(14-16-12(9-19-3)17-18-14)13(15-2)11-7-5-4-6-8-11/h4-8,10,13,15H,9H2,1-3H3. The molecule has 0 aliphatic rings. The van der Waals surface area contributed by atoms with Crippen LogP contribution >= 0.6 is 11.8 Å². The summed E-state index contributed by atoms with van der Waals surface area (Å²) in [4.78, 5) is 4.46. The Hall–Kier alpha value is -1.33. The van der Waals surface area contributed by atoms with Crippen molar-refractivity contribution in [1.29, 1.82) is 0 Å². The highest BCUT2D eigenvalue weighted by molar-refractivity contribution is 7.97. The molecule has 1 aromatic carbocycles. The van der Waals surface area contributed by atoms with Gasteiger partial charge in [0, 0.05) is 6.04 Å². The van der Waals surface area contributed by atoms with E-state index in [4.69, 9.17) is 4.52 Å². The lowest BCUT2D eigenvalue weighted by Crippen LogP contribution is -2.22. The summed E-state index contributed by atoms with van der Waals surface area (Å²) in [6, 6.07) is 10.5. The summed E-state index contributed by atoms with van der Waals surface area (Å²) >= 11 is 1.69. The van der Waals surface area contributed by atoms with E-state index in [1.54, 1.807) is 11.8 Å². The van der Waals surface area contributed by atoms with Crippen molar-refractivity contribution in [3.63, 3.8) is 0 Å². The first-order valence-electron chi connectivity index (χ1n) is 6.30. The van der Waals surface area contributed by atoms with Crippen LogP contribution in [0.4, 0.5) is 0 Å². The lowest BCUT2D eigenvalue weighted by Gasteiger charge is -2.21. The fourth-order valence-corrected chi connectivity index (χ4v) is 2.52. The van der Waals surface area contributed by atoms with Crippen molar-refractivity contribution in [3.8, 4) is 0 Å². The van der Waals surface area contributed by atoms with E-state index in [2.05, 4.69) is 34.5 Å². The van der Waals surface area contributed by atoms with Crippen LogP contribution in [0.15, 0.2) is 34.9 Å². The molecule has 0 bridgehead atoms. The molecule has 1 aromatic heterocycles. The van der Waals surface area contributed by atoms with Crippen LogP contribution in [0.2, 0.25) is 0 Å². The molecule has 2 atom stereocenters. The third-order valence-electron chi connectivity index (χ3n) is 3.12. The highest BCUT2D eigenvalue weighted by atomic mass is 32.2. The lowest BCUT2D eigenvalue weighted by atomic mass is 9.94. The van der Waals surface area contributed by atoms with E-state index in [1.165, 1.54) is 5.56 Å². The first-order chi connectivity index (χ1) is 9.26. The van der Waals surface area contributed by atoms with Crippen LogP contribution in [0.25, 0.3) is 0 Å². The van der Waals surface area contributed by atoms with E-state index in [9.17, 15) is 0 Å². The van der Waals surface area contributed by atoms with Crippen LogP contribution in [0, 0.1) is 0 Å². The van der Waals surface area contributed by atoms with E-state index in [0.29, 0.717) is 5.89 Å². The zero-order chi connectivity index (χ0) is 13.7. The molecule has 2 aromatic rings. The van der Waals surface area contributed by atoms with Crippen LogP contribution in [-0.4, -0.2) is 23.4 Å². The summed E-state index contributed by atoms with van der Waals surface area (Å²) in [6.07, 6.45) is 2.03. The van der Waals surface area contributed by atoms with Crippen molar-refractivity contribution in [3.05, 3.63) is 47.6 Å². The number of thioether (sulfide) groups is 1. The van der Waals surface area contributed by atoms with Crippen molar-refractivity contribution in [2.75, 3.05) is 13.3 Å². The van der Waals surface area contributed by atoms with Gasteiger partial charge in [-0.2, -0.15) is 16.7 Å². The van der Waals surface area contributed by atoms with Crippen LogP contribution in [0.3, 0.4) is 0 Å². The lowest BCUT2D eigenvalue weighted by molar-refractivity contribution is 0.329. The predicted molar refractivity (Wildman–Crippen MR) is 78.2 cm³/mol. The minimum absolute atomic E-state index is 0.135. The maximum absolute atomic E-state index is 5.37. The van der Waals surface area contributed by atoms with Gasteiger partial charge in [-0.25, -0.2) is 0 Å². The van der Waals surface area contributed by atoms with Crippen LogP contribution < -0.4 is 5.32 Å². The SMILES string of the molecule is CNC(c1ccccc1)C(C)c1nc(CSC)no1. The van der Waals surface area contributed by atoms with E-state index < -0.39 is 0 Å². The zero-order valence-corrected chi connectivity index (χ0v) is 12.3. The number of likely N-dealkylation sites (N-methyl/N-ethyl adjacent to an activating group) is 1. The van der Waals surface area contributed by atoms with E-state index in [1.807, 2.05) is 31.5 Å². The number of hydrogen-bond donors (Lipinski definition) is 1. The molecule has 19 heavy (non-hydrogen) atoms. The third kappa shape index (κ3) is 3.36. The molecule has 0 saturated heterocycles. The molecule has 1 N–H and O–H groups in total. The zero-order valence-electron chi connectivity index (χ0n) is 11.5. The number of hydrogen-bond acceptors (Lipinski definition) is 5. The summed E-state index contributed by atoms with van der Waals surface area (Å²) < 4.78 is 5.37. The van der Waals surface area contributed by atoms with E-state index >= 15 is 0 Å². The Kier molecular flexibility index (Phi) is 4.99. The molecule has 0 aliphatic carbocycles. The third-order valence-corrected chi connectivity index (χ3v) is 3.66. The number of nitrogens with one attached hydrogen (secondary N) is 1. The average molecular weight is 277 g/mol. The van der Waals surface area contributed by atoms with Gasteiger partial charge in [0.2, 0.25) is 5.89 Å². The normalized spacial score (nSPS) is 14.3. The van der Waals surface area contributed by atoms with Gasteiger partial charge in [0.15, 0.2) is 5.82 Å². The Balaban J connectivity index is 2.18. The number of nitrogens with zero attached hydrogens (tertiary/aromatic N) is 2. The predicted octanol–water partition coefficient (Wildman–Crippen LogP) is 3.00. The summed E-state index contributed by atoms with van der Waals surface area (Å²) in [5.74, 6) is 2.37. The molecule has 0 aliphatic heterocycles. The molecule has 0 fully saturated rings. The van der Waals surface area contributed by atoms with Crippen molar-refractivity contribution < 1.29 is 4.52 Å². The minimum Gasteiger partial charge on any atom is -0.339 e. The van der Waals surface area contributed by atoms with E-state index in [-0.39, 0.29) is 12.0 Å². The second-order valence-corrected chi connectivity index (χ2v) is 5.31. The molecule has 2 unspecified atom stereocenters. The molecule has 0 spiro atoms. The summed E-state index contributed by atoms with van der Waals surface area (Å²) in [5.41, 5.74) is 1.22. The Bertz CT molecular complexity index is 500. The molecule has 102 valence electrons. The molecule has 0 radical (unpaired) electrons. The van der Waals surface area contributed by atoms with Crippen LogP contribution in [0.1, 0.15) is 36.2 Å². The largest absolute Gasteiger partial charge is 0.339 e. The molecule has 5 heteroatoms. The minimum atomic E-state index is 0.135. The first kappa shape index (κ1) is 14.1. The summed E-state index contributed by atoms with van der Waals surface area (Å²) in [6.45, 7) is 2.10. The number of benzene rings is 1. The molecular weight excluding hydrogens is 258 g/mol. The van der Waals surface area contributed by atoms with Crippen molar-refractivity contribution in [2.24, 2.45) is 0 Å². The fraction of sp³-hybridized carbons (Fsp3) is 0.429. The number of aromatic nitrogens is 2. The second kappa shape index (κ2) is 6.73. The highest BCUT2D eigenvalue weighted by Gasteiger charge is 2.24. The van der Waals surface area contributed by atoms with Crippen LogP contribution in [0.5, 0.6) is 0 Å². The van der Waals surface area contributed by atoms with Gasteiger partial charge in [0.25, 0.3) is 0 Å². The van der Waals surface area contributed by atoms with Gasteiger partial charge in [-0.1, -0.05) is 42.4 Å². The van der Waals surface area contributed by atoms with Crippen molar-refractivity contribution in [2.45, 2.75) is 24.6 Å². The summed E-state index contributed by atoms with van der Waals surface area (Å²) in [7, 11) is 1.95. The Morgan fingerprint density at radius 1 is 1.32 bits per heavy atom. The summed E-state index contributed by atoms with van der Waals surface area (Å²) in [5, 5.41) is 7.33. The molecular formula is C14H19N3OS. The van der Waals surface area contributed by atoms with Gasteiger partial charge >= 0.3 is 0 Å². The van der Waals surface area contributed by atoms with Gasteiger partial charge in [-0.3, -0.25) is 0 Å². The Morgan fingerprint density at radius 2 is 2.05 bits per heavy atom. The topological polar surface area (TPSA) is 51.0 Å². The fourth-order valence-electron chi connectivity index (χ4n) is 2.15. The first-order valence-corrected chi connectivity index (χ1v) is 7.69.